The highest BCUT2D eigenvalue weighted by Crippen LogP contribution is 2.45. The molecule has 0 fully saturated rings. The van der Waals surface area contributed by atoms with Gasteiger partial charge in [0.1, 0.15) is 17.3 Å². The highest BCUT2D eigenvalue weighted by Gasteiger charge is 2.41. The van der Waals surface area contributed by atoms with Crippen LogP contribution >= 0.6 is 0 Å². The molecule has 11 rings (SSSR count). The summed E-state index contributed by atoms with van der Waals surface area (Å²) in [6, 6.07) is 76.9. The van der Waals surface area contributed by atoms with E-state index in [-0.39, 0.29) is 10.8 Å². The molecule has 0 bridgehead atoms. The van der Waals surface area contributed by atoms with Gasteiger partial charge in [-0.25, -0.2) is 4.98 Å². The lowest BCUT2D eigenvalue weighted by atomic mass is 9.73. The molecule has 8 aromatic carbocycles. The van der Waals surface area contributed by atoms with E-state index in [1.54, 1.807) is 0 Å². The number of fused-ring (bicyclic) bond motifs is 3. The molecule has 0 spiro atoms. The molecule has 0 N–H and O–H groups in total. The molecule has 0 saturated heterocycles. The number of aromatic nitrogens is 4. The maximum atomic E-state index is 7.30. The zero-order chi connectivity index (χ0) is 54.8. The Labute approximate surface area is 462 Å². The second kappa shape index (κ2) is 19.6. The topological polar surface area (TPSA) is 35.9 Å². The van der Waals surface area contributed by atoms with E-state index >= 15 is 0 Å². The largest absolute Gasteiger partial charge is 0.458 e. The third-order valence-corrected chi connectivity index (χ3v) is 16.3. The fourth-order valence-electron chi connectivity index (χ4n) is 11.4. The summed E-state index contributed by atoms with van der Waals surface area (Å²) in [6.45, 7) is 27.8. The minimum absolute atomic E-state index is 0.0484. The predicted octanol–water partition coefficient (Wildman–Crippen LogP) is 18.1. The summed E-state index contributed by atoms with van der Waals surface area (Å²) in [7, 11) is 0. The molecular weight excluding hydrogens is 949 g/mol. The van der Waals surface area contributed by atoms with E-state index in [0.29, 0.717) is 0 Å². The van der Waals surface area contributed by atoms with Crippen LogP contribution in [0.25, 0.3) is 50.1 Å². The third kappa shape index (κ3) is 9.54. The van der Waals surface area contributed by atoms with Crippen LogP contribution in [0.5, 0.6) is 11.5 Å². The molecule has 0 amide bonds. The Bertz CT molecular complexity index is 3960. The molecule has 0 aliphatic heterocycles. The van der Waals surface area contributed by atoms with Crippen LogP contribution in [0, 0.1) is 6.33 Å². The van der Waals surface area contributed by atoms with Gasteiger partial charge in [-0.2, -0.15) is 0 Å². The van der Waals surface area contributed by atoms with E-state index < -0.39 is 16.2 Å². The van der Waals surface area contributed by atoms with Crippen LogP contribution < -0.4 is 9.30 Å². The number of hydrogen-bond donors (Lipinski definition) is 0. The summed E-state index contributed by atoms with van der Waals surface area (Å²) in [4.78, 5) is 4.99. The number of para-hydroxylation sites is 1. The molecule has 390 valence electrons. The van der Waals surface area contributed by atoms with Crippen molar-refractivity contribution in [2.24, 2.45) is 0 Å². The third-order valence-electron chi connectivity index (χ3n) is 16.3. The molecule has 0 aliphatic carbocycles. The van der Waals surface area contributed by atoms with E-state index in [4.69, 9.17) is 9.72 Å². The van der Waals surface area contributed by atoms with Crippen LogP contribution in [-0.2, 0) is 27.1 Å². The molecule has 3 heterocycles. The molecule has 0 aliphatic rings. The predicted molar refractivity (Wildman–Crippen MR) is 323 cm³/mol. The summed E-state index contributed by atoms with van der Waals surface area (Å²) in [5, 5.41) is 2.30. The Kier molecular flexibility index (Phi) is 13.0. The zero-order valence-corrected chi connectivity index (χ0v) is 47.5. The molecule has 0 radical (unpaired) electrons. The second-order valence-corrected chi connectivity index (χ2v) is 24.8. The normalized spacial score (nSPS) is 12.6. The molecule has 3 aromatic heterocycles. The van der Waals surface area contributed by atoms with Gasteiger partial charge in [0, 0.05) is 39.3 Å². The molecule has 0 unspecified atom stereocenters. The summed E-state index contributed by atoms with van der Waals surface area (Å²) in [5.41, 5.74) is 14.2. The van der Waals surface area contributed by atoms with E-state index in [2.05, 4.69) is 315 Å². The fraction of sp³-hybridized carbons (Fsp3) is 0.233. The number of benzene rings is 8. The van der Waals surface area contributed by atoms with Gasteiger partial charge >= 0.3 is 0 Å². The van der Waals surface area contributed by atoms with Crippen molar-refractivity contribution in [3.63, 3.8) is 0 Å². The minimum atomic E-state index is -0.545. The van der Waals surface area contributed by atoms with Crippen molar-refractivity contribution in [2.45, 2.75) is 110 Å². The maximum Gasteiger partial charge on any atom is 0.269 e. The number of ether oxygens (including phenoxy) is 1. The van der Waals surface area contributed by atoms with Crippen LogP contribution in [0.15, 0.2) is 219 Å². The molecule has 0 saturated carbocycles. The molecule has 5 heteroatoms. The average Bonchev–Trinajstić information content (AvgIpc) is 4.12. The number of pyridine rings is 1. The van der Waals surface area contributed by atoms with Gasteiger partial charge in [-0.3, -0.25) is 13.7 Å². The highest BCUT2D eigenvalue weighted by molar-refractivity contribution is 6.09. The minimum Gasteiger partial charge on any atom is -0.458 e. The number of hydrogen-bond acceptors (Lipinski definition) is 2. The monoisotopic (exact) mass is 1020 g/mol. The lowest BCUT2D eigenvalue weighted by molar-refractivity contribution is -0.611. The van der Waals surface area contributed by atoms with E-state index in [0.717, 1.165) is 67.6 Å². The van der Waals surface area contributed by atoms with Crippen LogP contribution in [0.4, 0.5) is 0 Å². The summed E-state index contributed by atoms with van der Waals surface area (Å²) in [6.07, 6.45) is 6.08. The van der Waals surface area contributed by atoms with Gasteiger partial charge in [0.25, 0.3) is 6.33 Å². The van der Waals surface area contributed by atoms with Gasteiger partial charge in [-0.05, 0) is 116 Å². The lowest BCUT2D eigenvalue weighted by Crippen LogP contribution is -2.43. The van der Waals surface area contributed by atoms with Crippen LogP contribution in [-0.4, -0.2) is 14.1 Å². The Morgan fingerprint density at radius 3 is 1.60 bits per heavy atom. The van der Waals surface area contributed by atoms with Crippen molar-refractivity contribution in [3.05, 3.63) is 270 Å². The van der Waals surface area contributed by atoms with Gasteiger partial charge in [0.15, 0.2) is 0 Å². The summed E-state index contributed by atoms with van der Waals surface area (Å²) in [5.74, 6) is 2.33. The molecular formula is C73H72N4O. The Hall–Kier alpha value is -8.28. The first-order chi connectivity index (χ1) is 37.2. The SMILES string of the molecule is CC(C)(C)c1cc(-c2ccccc2)cc(-[n+]2[c-]n(-c3cc(Oc4ccc5c6ccccc6n(-c6cc(C(C)(C)C)ccn6)c5c4)cc(C(C)(C)c4ccccc4)c3)c(C(C)(C)c3ccccc3)c2C(C)(C)c2ccccc2)c1. The van der Waals surface area contributed by atoms with Crippen LogP contribution in [0.3, 0.4) is 0 Å². The van der Waals surface area contributed by atoms with Crippen molar-refractivity contribution in [3.8, 4) is 39.8 Å². The van der Waals surface area contributed by atoms with E-state index in [9.17, 15) is 0 Å². The first kappa shape index (κ1) is 51.8. The zero-order valence-electron chi connectivity index (χ0n) is 47.5. The van der Waals surface area contributed by atoms with E-state index in [1.807, 2.05) is 6.20 Å². The molecule has 11 aromatic rings. The maximum absolute atomic E-state index is 7.30. The van der Waals surface area contributed by atoms with Gasteiger partial charge in [0.05, 0.1) is 33.8 Å². The highest BCUT2D eigenvalue weighted by atomic mass is 16.5. The fourth-order valence-corrected chi connectivity index (χ4v) is 11.4. The van der Waals surface area contributed by atoms with Crippen LogP contribution in [0.1, 0.15) is 128 Å². The second-order valence-electron chi connectivity index (χ2n) is 24.8. The van der Waals surface area contributed by atoms with Crippen molar-refractivity contribution in [2.75, 3.05) is 0 Å². The van der Waals surface area contributed by atoms with Gasteiger partial charge in [-0.15, -0.1) is 0 Å². The Morgan fingerprint density at radius 2 is 0.974 bits per heavy atom. The van der Waals surface area contributed by atoms with Crippen molar-refractivity contribution in [1.29, 1.82) is 0 Å². The van der Waals surface area contributed by atoms with Crippen molar-refractivity contribution < 1.29 is 9.30 Å². The standard InChI is InChI=1S/C73H72N4O/c1-69(2,3)55-39-40-74-66(46-55)77-64-36-26-25-35-62(64)63-38-37-60(48-65(63)77)78-61-45-57(71(7,8)52-29-19-14-20-30-52)44-59(47-61)76-49-75(58-42-51(50-27-17-13-18-28-50)41-56(43-58)70(4,5)6)67(72(9,10)53-31-21-15-22-32-53)68(76)73(11,12)54-33-23-16-24-34-54/h13-48H,1-12H3. The van der Waals surface area contributed by atoms with Gasteiger partial charge in [-0.1, -0.05) is 229 Å². The van der Waals surface area contributed by atoms with E-state index in [1.165, 1.54) is 38.8 Å². The summed E-state index contributed by atoms with van der Waals surface area (Å²) < 4.78 is 14.3. The van der Waals surface area contributed by atoms with Crippen LogP contribution in [0.2, 0.25) is 0 Å². The number of rotatable bonds is 12. The number of imidazole rings is 1. The Balaban J connectivity index is 1.20. The van der Waals surface area contributed by atoms with Crippen molar-refractivity contribution >= 4 is 21.8 Å². The quantitative estimate of drug-likeness (QED) is 0.0903. The molecule has 0 atom stereocenters. The molecule has 78 heavy (non-hydrogen) atoms. The van der Waals surface area contributed by atoms with Crippen molar-refractivity contribution in [1.82, 2.24) is 14.1 Å². The average molecular weight is 1020 g/mol. The van der Waals surface area contributed by atoms with Gasteiger partial charge in [0.2, 0.25) is 0 Å². The lowest BCUT2D eigenvalue weighted by Gasteiger charge is -2.35. The first-order valence-electron chi connectivity index (χ1n) is 27.5. The number of nitrogens with zero attached hydrogens (tertiary/aromatic N) is 4. The smallest absolute Gasteiger partial charge is 0.269 e. The first-order valence-corrected chi connectivity index (χ1v) is 27.5. The molecule has 5 nitrogen and oxygen atoms in total. The Morgan fingerprint density at radius 1 is 0.410 bits per heavy atom. The summed E-state index contributed by atoms with van der Waals surface area (Å²) >= 11 is 0. The van der Waals surface area contributed by atoms with Gasteiger partial charge < -0.3 is 4.74 Å².